The Labute approximate surface area is 122 Å². The molecular weight excluding hydrogens is 278 g/mol. The topological polar surface area (TPSA) is 86.0 Å². The van der Waals surface area contributed by atoms with Gasteiger partial charge >= 0.3 is 6.01 Å². The Morgan fingerprint density at radius 3 is 2.85 bits per heavy atom. The first-order valence-corrected chi connectivity index (χ1v) is 6.62. The summed E-state index contributed by atoms with van der Waals surface area (Å²) in [6.07, 6.45) is 0. The van der Waals surface area contributed by atoms with E-state index < -0.39 is 0 Å². The van der Waals surface area contributed by atoms with Crippen molar-refractivity contribution in [3.63, 3.8) is 0 Å². The summed E-state index contributed by atoms with van der Waals surface area (Å²) in [6.45, 7) is 4.29. The molecule has 2 rings (SSSR count). The molecule has 0 aliphatic heterocycles. The van der Waals surface area contributed by atoms with E-state index in [0.717, 1.165) is 5.56 Å². The second-order valence-electron chi connectivity index (χ2n) is 4.15. The predicted molar refractivity (Wildman–Crippen MR) is 78.9 cm³/mol. The van der Waals surface area contributed by atoms with E-state index in [0.29, 0.717) is 17.6 Å². The van der Waals surface area contributed by atoms with Crippen molar-refractivity contribution in [2.24, 2.45) is 0 Å². The summed E-state index contributed by atoms with van der Waals surface area (Å²) in [5.74, 6) is 0.484. The van der Waals surface area contributed by atoms with Crippen LogP contribution in [-0.4, -0.2) is 21.6 Å². The van der Waals surface area contributed by atoms with Crippen LogP contribution in [0.4, 0.5) is 11.9 Å². The fourth-order valence-electron chi connectivity index (χ4n) is 1.68. The predicted octanol–water partition coefficient (Wildman–Crippen LogP) is 2.68. The lowest BCUT2D eigenvalue weighted by atomic mass is 10.1. The number of nitrogens with two attached hydrogens (primary N) is 1. The lowest BCUT2D eigenvalue weighted by molar-refractivity contribution is 0.312. The zero-order chi connectivity index (χ0) is 14.5. The Bertz CT molecular complexity index is 593. The first-order valence-electron chi connectivity index (χ1n) is 6.25. The Hall–Kier alpha value is -2.08. The molecule has 0 aliphatic rings. The summed E-state index contributed by atoms with van der Waals surface area (Å²) >= 11 is 5.97. The molecule has 1 aromatic carbocycles. The number of ether oxygens (including phenoxy) is 1. The quantitative estimate of drug-likeness (QED) is 0.881. The van der Waals surface area contributed by atoms with Gasteiger partial charge in [-0.25, -0.2) is 0 Å². The van der Waals surface area contributed by atoms with Crippen molar-refractivity contribution in [3.05, 3.63) is 34.9 Å². The molecule has 0 saturated heterocycles. The van der Waals surface area contributed by atoms with E-state index in [4.69, 9.17) is 22.1 Å². The maximum absolute atomic E-state index is 5.97. The Morgan fingerprint density at radius 1 is 1.35 bits per heavy atom. The Morgan fingerprint density at radius 2 is 2.15 bits per heavy atom. The average Bonchev–Trinajstić information content (AvgIpc) is 2.38. The highest BCUT2D eigenvalue weighted by molar-refractivity contribution is 6.30. The van der Waals surface area contributed by atoms with Gasteiger partial charge in [-0.2, -0.15) is 15.0 Å². The van der Waals surface area contributed by atoms with E-state index in [-0.39, 0.29) is 18.0 Å². The maximum Gasteiger partial charge on any atom is 0.323 e. The smallest absolute Gasteiger partial charge is 0.323 e. The third-order valence-electron chi connectivity index (χ3n) is 2.60. The molecule has 6 nitrogen and oxygen atoms in total. The minimum absolute atomic E-state index is 0.0232. The van der Waals surface area contributed by atoms with Gasteiger partial charge in [0.2, 0.25) is 11.9 Å². The number of nitrogens with one attached hydrogen (secondary N) is 1. The van der Waals surface area contributed by atoms with Gasteiger partial charge in [-0.05, 0) is 31.5 Å². The maximum atomic E-state index is 5.97. The van der Waals surface area contributed by atoms with Crippen LogP contribution in [0.3, 0.4) is 0 Å². The van der Waals surface area contributed by atoms with Crippen molar-refractivity contribution < 1.29 is 4.74 Å². The summed E-state index contributed by atoms with van der Waals surface area (Å²) in [7, 11) is 0. The first-order chi connectivity index (χ1) is 9.58. The van der Waals surface area contributed by atoms with E-state index in [1.807, 2.05) is 38.1 Å². The average molecular weight is 294 g/mol. The van der Waals surface area contributed by atoms with Crippen LogP contribution in [0.25, 0.3) is 0 Å². The summed E-state index contributed by atoms with van der Waals surface area (Å²) in [6, 6.07) is 7.76. The summed E-state index contributed by atoms with van der Waals surface area (Å²) < 4.78 is 5.23. The summed E-state index contributed by atoms with van der Waals surface area (Å²) in [4.78, 5) is 12.1. The van der Waals surface area contributed by atoms with Crippen LogP contribution in [0.1, 0.15) is 25.5 Å². The van der Waals surface area contributed by atoms with Gasteiger partial charge in [-0.15, -0.1) is 0 Å². The molecule has 7 heteroatoms. The van der Waals surface area contributed by atoms with Crippen LogP contribution in [0.15, 0.2) is 24.3 Å². The Kier molecular flexibility index (Phi) is 4.57. The number of benzene rings is 1. The lowest BCUT2D eigenvalue weighted by Crippen LogP contribution is -2.12. The summed E-state index contributed by atoms with van der Waals surface area (Å²) in [5.41, 5.74) is 6.65. The van der Waals surface area contributed by atoms with Crippen molar-refractivity contribution in [3.8, 4) is 6.01 Å². The van der Waals surface area contributed by atoms with Gasteiger partial charge in [-0.1, -0.05) is 23.7 Å². The molecule has 1 heterocycles. The third-order valence-corrected chi connectivity index (χ3v) is 2.84. The molecular formula is C13H16ClN5O. The van der Waals surface area contributed by atoms with E-state index in [9.17, 15) is 0 Å². The molecule has 1 aromatic heterocycles. The van der Waals surface area contributed by atoms with E-state index in [1.165, 1.54) is 0 Å². The van der Waals surface area contributed by atoms with Crippen molar-refractivity contribution in [1.29, 1.82) is 0 Å². The van der Waals surface area contributed by atoms with Gasteiger partial charge in [0.25, 0.3) is 0 Å². The molecule has 106 valence electrons. The molecule has 0 fully saturated rings. The molecule has 0 bridgehead atoms. The number of hydrogen-bond acceptors (Lipinski definition) is 6. The fraction of sp³-hybridized carbons (Fsp3) is 0.308. The van der Waals surface area contributed by atoms with Crippen molar-refractivity contribution in [1.82, 2.24) is 15.0 Å². The number of halogens is 1. The number of aromatic nitrogens is 3. The highest BCUT2D eigenvalue weighted by Crippen LogP contribution is 2.21. The van der Waals surface area contributed by atoms with Crippen LogP contribution in [0, 0.1) is 0 Å². The lowest BCUT2D eigenvalue weighted by Gasteiger charge is -2.15. The molecule has 2 aromatic rings. The van der Waals surface area contributed by atoms with Gasteiger partial charge in [-0.3, -0.25) is 0 Å². The monoisotopic (exact) mass is 293 g/mol. The second kappa shape index (κ2) is 6.38. The number of nitrogens with zero attached hydrogens (tertiary/aromatic N) is 3. The third kappa shape index (κ3) is 3.71. The molecule has 0 spiro atoms. The zero-order valence-corrected chi connectivity index (χ0v) is 12.1. The van der Waals surface area contributed by atoms with Crippen LogP contribution >= 0.6 is 11.6 Å². The van der Waals surface area contributed by atoms with Crippen LogP contribution < -0.4 is 15.8 Å². The SMILES string of the molecule is CCOc1nc(N)nc(NC(C)c2cccc(Cl)c2)n1. The second-order valence-corrected chi connectivity index (χ2v) is 4.59. The van der Waals surface area contributed by atoms with Crippen molar-refractivity contribution >= 4 is 23.5 Å². The molecule has 1 atom stereocenters. The van der Waals surface area contributed by atoms with Gasteiger partial charge in [0.05, 0.1) is 12.6 Å². The highest BCUT2D eigenvalue weighted by Gasteiger charge is 2.10. The van der Waals surface area contributed by atoms with E-state index in [2.05, 4.69) is 20.3 Å². The molecule has 0 radical (unpaired) electrons. The van der Waals surface area contributed by atoms with Gasteiger partial charge in [0.1, 0.15) is 0 Å². The number of hydrogen-bond donors (Lipinski definition) is 2. The van der Waals surface area contributed by atoms with Gasteiger partial charge in [0.15, 0.2) is 0 Å². The molecule has 0 amide bonds. The van der Waals surface area contributed by atoms with E-state index in [1.54, 1.807) is 0 Å². The van der Waals surface area contributed by atoms with E-state index >= 15 is 0 Å². The van der Waals surface area contributed by atoms with Crippen molar-refractivity contribution in [2.75, 3.05) is 17.7 Å². The number of anilines is 2. The highest BCUT2D eigenvalue weighted by atomic mass is 35.5. The minimum Gasteiger partial charge on any atom is -0.464 e. The normalized spacial score (nSPS) is 11.9. The fourth-order valence-corrected chi connectivity index (χ4v) is 1.88. The van der Waals surface area contributed by atoms with Crippen LogP contribution in [0.2, 0.25) is 5.02 Å². The number of rotatable bonds is 5. The van der Waals surface area contributed by atoms with Crippen molar-refractivity contribution in [2.45, 2.75) is 19.9 Å². The van der Waals surface area contributed by atoms with Crippen LogP contribution in [0.5, 0.6) is 6.01 Å². The largest absolute Gasteiger partial charge is 0.464 e. The zero-order valence-electron chi connectivity index (χ0n) is 11.3. The number of nitrogen functional groups attached to an aromatic ring is 1. The molecule has 0 aliphatic carbocycles. The minimum atomic E-state index is -0.0232. The standard InChI is InChI=1S/C13H16ClN5O/c1-3-20-13-18-11(15)17-12(19-13)16-8(2)9-5-4-6-10(14)7-9/h4-8H,3H2,1-2H3,(H3,15,16,17,18,19). The van der Waals surface area contributed by atoms with Crippen LogP contribution in [-0.2, 0) is 0 Å². The van der Waals surface area contributed by atoms with Gasteiger partial charge < -0.3 is 15.8 Å². The summed E-state index contributed by atoms with van der Waals surface area (Å²) in [5, 5.41) is 3.83. The molecule has 1 unspecified atom stereocenters. The molecule has 0 saturated carbocycles. The van der Waals surface area contributed by atoms with Gasteiger partial charge in [0, 0.05) is 5.02 Å². The first kappa shape index (κ1) is 14.3. The molecule has 20 heavy (non-hydrogen) atoms. The Balaban J connectivity index is 2.16. The molecule has 3 N–H and O–H groups in total.